The first-order valence-corrected chi connectivity index (χ1v) is 10.8. The third-order valence-electron chi connectivity index (χ3n) is 6.25. The molecular weight excluding hydrogens is 422 g/mol. The number of benzene rings is 3. The molecular formula is C26H30ClN3O2. The minimum Gasteiger partial charge on any atom is -0.343 e. The number of anilines is 1. The maximum atomic E-state index is 13.7. The molecule has 0 aliphatic carbocycles. The SMILES string of the molecule is CN[C@@H](C)C(=O)N[C@H]1CCc2ccccc2N(Cc2ccc(C)c3ccccc23)C1=O.Cl. The van der Waals surface area contributed by atoms with Gasteiger partial charge in [0.15, 0.2) is 0 Å². The Morgan fingerprint density at radius 2 is 1.75 bits per heavy atom. The Balaban J connectivity index is 0.00000289. The Morgan fingerprint density at radius 1 is 1.06 bits per heavy atom. The molecule has 1 aliphatic heterocycles. The number of carbonyl (C=O) groups is 2. The fourth-order valence-corrected chi connectivity index (χ4v) is 4.26. The molecule has 0 aromatic heterocycles. The Labute approximate surface area is 195 Å². The molecule has 0 saturated heterocycles. The van der Waals surface area contributed by atoms with Crippen molar-refractivity contribution >= 4 is 40.7 Å². The van der Waals surface area contributed by atoms with Crippen LogP contribution in [-0.2, 0) is 22.6 Å². The second-order valence-corrected chi connectivity index (χ2v) is 8.25. The van der Waals surface area contributed by atoms with Crippen LogP contribution < -0.4 is 15.5 Å². The smallest absolute Gasteiger partial charge is 0.249 e. The summed E-state index contributed by atoms with van der Waals surface area (Å²) >= 11 is 0. The van der Waals surface area contributed by atoms with Crippen LogP contribution in [0.15, 0.2) is 60.7 Å². The monoisotopic (exact) mass is 451 g/mol. The predicted molar refractivity (Wildman–Crippen MR) is 132 cm³/mol. The molecule has 0 radical (unpaired) electrons. The largest absolute Gasteiger partial charge is 0.343 e. The van der Waals surface area contributed by atoms with E-state index in [4.69, 9.17) is 0 Å². The Kier molecular flexibility index (Phi) is 7.54. The van der Waals surface area contributed by atoms with Crippen molar-refractivity contribution in [2.45, 2.75) is 45.3 Å². The van der Waals surface area contributed by atoms with Crippen molar-refractivity contribution in [3.05, 3.63) is 77.4 Å². The Morgan fingerprint density at radius 3 is 2.50 bits per heavy atom. The molecule has 6 heteroatoms. The number of hydrogen-bond donors (Lipinski definition) is 2. The van der Waals surface area contributed by atoms with Crippen LogP contribution in [0, 0.1) is 6.92 Å². The van der Waals surface area contributed by atoms with Crippen molar-refractivity contribution in [2.24, 2.45) is 0 Å². The van der Waals surface area contributed by atoms with Gasteiger partial charge < -0.3 is 15.5 Å². The van der Waals surface area contributed by atoms with Gasteiger partial charge in [-0.25, -0.2) is 0 Å². The van der Waals surface area contributed by atoms with Crippen molar-refractivity contribution in [1.29, 1.82) is 0 Å². The summed E-state index contributed by atoms with van der Waals surface area (Å²) in [6.07, 6.45) is 1.33. The van der Waals surface area contributed by atoms with Gasteiger partial charge in [0.2, 0.25) is 11.8 Å². The van der Waals surface area contributed by atoms with Crippen LogP contribution in [0.25, 0.3) is 10.8 Å². The maximum Gasteiger partial charge on any atom is 0.249 e. The topological polar surface area (TPSA) is 61.4 Å². The molecule has 1 aliphatic rings. The van der Waals surface area contributed by atoms with E-state index in [0.29, 0.717) is 13.0 Å². The normalized spacial score (nSPS) is 16.7. The van der Waals surface area contributed by atoms with E-state index in [2.05, 4.69) is 47.9 Å². The van der Waals surface area contributed by atoms with Gasteiger partial charge in [-0.05, 0) is 67.3 Å². The lowest BCUT2D eigenvalue weighted by Crippen LogP contribution is -2.52. The van der Waals surface area contributed by atoms with Crippen molar-refractivity contribution in [1.82, 2.24) is 10.6 Å². The molecule has 0 fully saturated rings. The fourth-order valence-electron chi connectivity index (χ4n) is 4.26. The molecule has 2 atom stereocenters. The number of hydrogen-bond acceptors (Lipinski definition) is 3. The summed E-state index contributed by atoms with van der Waals surface area (Å²) in [6.45, 7) is 4.36. The number of carbonyl (C=O) groups excluding carboxylic acids is 2. The summed E-state index contributed by atoms with van der Waals surface area (Å²) in [6, 6.07) is 19.7. The average molecular weight is 452 g/mol. The van der Waals surface area contributed by atoms with Gasteiger partial charge in [0.1, 0.15) is 6.04 Å². The molecule has 0 spiro atoms. The molecule has 0 bridgehead atoms. The number of aryl methyl sites for hydroxylation is 2. The van der Waals surface area contributed by atoms with Gasteiger partial charge in [0.05, 0.1) is 12.6 Å². The highest BCUT2D eigenvalue weighted by Gasteiger charge is 2.32. The molecule has 0 unspecified atom stereocenters. The van der Waals surface area contributed by atoms with Crippen LogP contribution in [0.3, 0.4) is 0 Å². The van der Waals surface area contributed by atoms with Crippen LogP contribution >= 0.6 is 12.4 Å². The van der Waals surface area contributed by atoms with Gasteiger partial charge in [-0.15, -0.1) is 12.4 Å². The highest BCUT2D eigenvalue weighted by molar-refractivity contribution is 6.01. The summed E-state index contributed by atoms with van der Waals surface area (Å²) in [4.78, 5) is 28.0. The Bertz CT molecular complexity index is 1130. The first kappa shape index (κ1) is 23.8. The molecule has 3 aromatic rings. The Hall–Kier alpha value is -2.89. The predicted octanol–water partition coefficient (Wildman–Crippen LogP) is 4.14. The summed E-state index contributed by atoms with van der Waals surface area (Å²) in [5.74, 6) is -0.223. The second kappa shape index (κ2) is 10.2. The van der Waals surface area contributed by atoms with Gasteiger partial charge in [-0.1, -0.05) is 54.6 Å². The number of amides is 2. The van der Waals surface area contributed by atoms with Crippen LogP contribution in [-0.4, -0.2) is 30.9 Å². The minimum atomic E-state index is -0.549. The van der Waals surface area contributed by atoms with E-state index in [-0.39, 0.29) is 30.3 Å². The first-order chi connectivity index (χ1) is 15.0. The molecule has 2 N–H and O–H groups in total. The number of nitrogens with one attached hydrogen (secondary N) is 2. The van der Waals surface area contributed by atoms with E-state index >= 15 is 0 Å². The lowest BCUT2D eigenvalue weighted by atomic mass is 9.99. The maximum absolute atomic E-state index is 13.7. The molecule has 2 amide bonds. The molecule has 5 nitrogen and oxygen atoms in total. The summed E-state index contributed by atoms with van der Waals surface area (Å²) in [7, 11) is 1.74. The third-order valence-corrected chi connectivity index (χ3v) is 6.25. The molecule has 168 valence electrons. The number of likely N-dealkylation sites (N-methyl/N-ethyl adjacent to an activating group) is 1. The van der Waals surface area contributed by atoms with Crippen LogP contribution in [0.5, 0.6) is 0 Å². The highest BCUT2D eigenvalue weighted by Crippen LogP contribution is 2.31. The first-order valence-electron chi connectivity index (χ1n) is 10.8. The van der Waals surface area contributed by atoms with Crippen molar-refractivity contribution in [2.75, 3.05) is 11.9 Å². The molecule has 4 rings (SSSR count). The number of fused-ring (bicyclic) bond motifs is 2. The van der Waals surface area contributed by atoms with E-state index in [1.807, 2.05) is 35.2 Å². The molecule has 1 heterocycles. The zero-order valence-electron chi connectivity index (χ0n) is 18.7. The van der Waals surface area contributed by atoms with Crippen LogP contribution in [0.2, 0.25) is 0 Å². The van der Waals surface area contributed by atoms with Gasteiger partial charge >= 0.3 is 0 Å². The zero-order chi connectivity index (χ0) is 22.0. The van der Waals surface area contributed by atoms with E-state index in [1.54, 1.807) is 14.0 Å². The van der Waals surface area contributed by atoms with E-state index in [0.717, 1.165) is 28.6 Å². The zero-order valence-corrected chi connectivity index (χ0v) is 19.5. The second-order valence-electron chi connectivity index (χ2n) is 8.25. The van der Waals surface area contributed by atoms with Crippen molar-refractivity contribution in [3.8, 4) is 0 Å². The fraction of sp³-hybridized carbons (Fsp3) is 0.308. The van der Waals surface area contributed by atoms with Crippen LogP contribution in [0.4, 0.5) is 5.69 Å². The average Bonchev–Trinajstić information content (AvgIpc) is 2.92. The highest BCUT2D eigenvalue weighted by atomic mass is 35.5. The van der Waals surface area contributed by atoms with E-state index in [1.165, 1.54) is 10.9 Å². The van der Waals surface area contributed by atoms with Crippen molar-refractivity contribution in [3.63, 3.8) is 0 Å². The molecule has 3 aromatic carbocycles. The quantitative estimate of drug-likeness (QED) is 0.612. The van der Waals surface area contributed by atoms with Crippen LogP contribution in [0.1, 0.15) is 30.0 Å². The van der Waals surface area contributed by atoms with Gasteiger partial charge in [0.25, 0.3) is 0 Å². The lowest BCUT2D eigenvalue weighted by molar-refractivity contribution is -0.128. The van der Waals surface area contributed by atoms with Gasteiger partial charge in [-0.2, -0.15) is 0 Å². The summed E-state index contributed by atoms with van der Waals surface area (Å²) in [5.41, 5.74) is 4.37. The number of nitrogens with zero attached hydrogens (tertiary/aromatic N) is 1. The number of rotatable bonds is 5. The molecule has 0 saturated carbocycles. The van der Waals surface area contributed by atoms with E-state index in [9.17, 15) is 9.59 Å². The van der Waals surface area contributed by atoms with Crippen molar-refractivity contribution < 1.29 is 9.59 Å². The van der Waals surface area contributed by atoms with Gasteiger partial charge in [0, 0.05) is 5.69 Å². The minimum absolute atomic E-state index is 0. The number of halogens is 1. The standard InChI is InChI=1S/C26H29N3O2.ClH/c1-17-12-13-20(22-10-6-5-9-21(17)22)16-29-24-11-7-4-8-19(24)14-15-23(26(29)31)28-25(30)18(2)27-3;/h4-13,18,23,27H,14-16H2,1-3H3,(H,28,30);1H/t18-,23-;/m0./s1. The van der Waals surface area contributed by atoms with Gasteiger partial charge in [-0.3, -0.25) is 9.59 Å². The molecule has 32 heavy (non-hydrogen) atoms. The number of para-hydroxylation sites is 1. The summed E-state index contributed by atoms with van der Waals surface area (Å²) < 4.78 is 0. The lowest BCUT2D eigenvalue weighted by Gasteiger charge is -2.27. The summed E-state index contributed by atoms with van der Waals surface area (Å²) in [5, 5.41) is 8.26. The third kappa shape index (κ3) is 4.64. The van der Waals surface area contributed by atoms with E-state index < -0.39 is 6.04 Å².